The van der Waals surface area contributed by atoms with Crippen molar-refractivity contribution in [1.82, 2.24) is 4.90 Å². The number of ether oxygens (including phenoxy) is 1. The molecular weight excluding hydrogens is 225 g/mol. The first kappa shape index (κ1) is 19.4. The van der Waals surface area contributed by atoms with Crippen LogP contribution >= 0.6 is 0 Å². The third kappa shape index (κ3) is 10.2. The number of carbonyl (C=O) groups excluding carboxylic acids is 1. The molecule has 4 heteroatoms. The number of hydrogen-bond donors (Lipinski definition) is 0. The number of amides is 1. The minimum atomic E-state index is -0.428. The number of carbonyl (C=O) groups is 1. The molecule has 0 N–H and O–H groups in total. The predicted octanol–water partition coefficient (Wildman–Crippen LogP) is 4.12. The van der Waals surface area contributed by atoms with Gasteiger partial charge in [-0.05, 0) is 20.8 Å². The van der Waals surface area contributed by atoms with Crippen LogP contribution in [0.4, 0.5) is 4.79 Å². The summed E-state index contributed by atoms with van der Waals surface area (Å²) in [5.74, 6) is 0. The molecule has 0 heterocycles. The second kappa shape index (κ2) is 9.06. The van der Waals surface area contributed by atoms with Gasteiger partial charge in [-0.3, -0.25) is 0 Å². The maximum Gasteiger partial charge on any atom is 0.410 e. The van der Waals surface area contributed by atoms with Gasteiger partial charge in [-0.15, -0.1) is 5.47 Å². The van der Waals surface area contributed by atoms with Crippen LogP contribution in [0.15, 0.2) is 11.5 Å². The Balaban J connectivity index is 0. The third-order valence-corrected chi connectivity index (χ3v) is 2.30. The molecule has 0 spiro atoms. The van der Waals surface area contributed by atoms with Crippen LogP contribution < -0.4 is 0 Å². The summed E-state index contributed by atoms with van der Waals surface area (Å²) in [5, 5.41) is 0. The number of hydrogen-bond acceptors (Lipinski definition) is 2. The summed E-state index contributed by atoms with van der Waals surface area (Å²) in [4.78, 5) is 13.2. The molecule has 0 aliphatic carbocycles. The van der Waals surface area contributed by atoms with E-state index in [1.54, 1.807) is 11.9 Å². The van der Waals surface area contributed by atoms with Gasteiger partial charge in [0.05, 0.1) is 0 Å². The number of rotatable bonds is 3. The molecule has 0 bridgehead atoms. The topological polar surface area (TPSA) is 29.5 Å². The summed E-state index contributed by atoms with van der Waals surface area (Å²) >= 11 is 0. The fourth-order valence-electron chi connectivity index (χ4n) is 0.931. The molecule has 3 nitrogen and oxygen atoms in total. The molecule has 0 aromatic carbocycles. The van der Waals surface area contributed by atoms with E-state index in [1.165, 1.54) is 5.47 Å². The SMILES string of the molecule is CB(C)/C(C)=C/CN(C)C(=O)OC(C)(C)C.CC. The highest BCUT2D eigenvalue weighted by atomic mass is 16.6. The fraction of sp³-hybridized carbons (Fsp3) is 0.786. The van der Waals surface area contributed by atoms with E-state index in [1.807, 2.05) is 34.6 Å². The third-order valence-electron chi connectivity index (χ3n) is 2.30. The van der Waals surface area contributed by atoms with E-state index in [2.05, 4.69) is 26.6 Å². The molecule has 0 fully saturated rings. The summed E-state index contributed by atoms with van der Waals surface area (Å²) < 4.78 is 5.25. The van der Waals surface area contributed by atoms with Crippen LogP contribution in [-0.2, 0) is 4.74 Å². The Bertz CT molecular complexity index is 267. The van der Waals surface area contributed by atoms with Gasteiger partial charge in [0.2, 0.25) is 0 Å². The quantitative estimate of drug-likeness (QED) is 0.710. The van der Waals surface area contributed by atoms with Gasteiger partial charge in [0.1, 0.15) is 5.60 Å². The van der Waals surface area contributed by atoms with Gasteiger partial charge in [0.15, 0.2) is 6.71 Å². The summed E-state index contributed by atoms with van der Waals surface area (Å²) in [5.41, 5.74) is 0.859. The highest BCUT2D eigenvalue weighted by molar-refractivity contribution is 6.63. The molecule has 0 aliphatic heterocycles. The predicted molar refractivity (Wildman–Crippen MR) is 81.5 cm³/mol. The van der Waals surface area contributed by atoms with Gasteiger partial charge in [0, 0.05) is 13.6 Å². The van der Waals surface area contributed by atoms with Crippen molar-refractivity contribution >= 4 is 12.8 Å². The van der Waals surface area contributed by atoms with Crippen LogP contribution in [0.3, 0.4) is 0 Å². The lowest BCUT2D eigenvalue weighted by Gasteiger charge is -2.24. The van der Waals surface area contributed by atoms with E-state index in [-0.39, 0.29) is 6.09 Å². The molecule has 0 saturated heterocycles. The Morgan fingerprint density at radius 2 is 1.72 bits per heavy atom. The molecular formula is C14H30BNO2. The van der Waals surface area contributed by atoms with Gasteiger partial charge in [-0.1, -0.05) is 40.5 Å². The lowest BCUT2D eigenvalue weighted by molar-refractivity contribution is 0.0317. The lowest BCUT2D eigenvalue weighted by Crippen LogP contribution is -2.34. The average Bonchev–Trinajstić information content (AvgIpc) is 2.25. The molecule has 0 saturated carbocycles. The first-order valence-electron chi connectivity index (χ1n) is 6.74. The molecule has 0 aliphatic rings. The summed E-state index contributed by atoms with van der Waals surface area (Å²) in [6.07, 6.45) is 1.79. The average molecular weight is 255 g/mol. The zero-order chi connectivity index (χ0) is 14.9. The molecule has 106 valence electrons. The Morgan fingerprint density at radius 1 is 1.28 bits per heavy atom. The van der Waals surface area contributed by atoms with Crippen LogP contribution in [0.25, 0.3) is 0 Å². The molecule has 18 heavy (non-hydrogen) atoms. The second-order valence-electron chi connectivity index (χ2n) is 5.46. The monoisotopic (exact) mass is 255 g/mol. The molecule has 0 atom stereocenters. The van der Waals surface area contributed by atoms with E-state index < -0.39 is 5.60 Å². The van der Waals surface area contributed by atoms with Crippen molar-refractivity contribution in [2.24, 2.45) is 0 Å². The van der Waals surface area contributed by atoms with Gasteiger partial charge in [-0.25, -0.2) is 4.79 Å². The van der Waals surface area contributed by atoms with Crippen molar-refractivity contribution in [3.8, 4) is 0 Å². The zero-order valence-corrected chi connectivity index (χ0v) is 13.6. The Kier molecular flexibility index (Phi) is 9.78. The maximum absolute atomic E-state index is 11.6. The van der Waals surface area contributed by atoms with Gasteiger partial charge in [-0.2, -0.15) is 0 Å². The van der Waals surface area contributed by atoms with E-state index in [9.17, 15) is 4.79 Å². The van der Waals surface area contributed by atoms with Crippen LogP contribution in [0, 0.1) is 0 Å². The Labute approximate surface area is 114 Å². The minimum Gasteiger partial charge on any atom is -0.444 e. The molecule has 0 unspecified atom stereocenters. The molecule has 0 rings (SSSR count). The smallest absolute Gasteiger partial charge is 0.410 e. The van der Waals surface area contributed by atoms with Gasteiger partial charge in [0.25, 0.3) is 0 Å². The largest absolute Gasteiger partial charge is 0.444 e. The summed E-state index contributed by atoms with van der Waals surface area (Å²) in [6, 6.07) is 0. The number of allylic oxidation sites excluding steroid dienone is 1. The molecule has 1 amide bonds. The summed E-state index contributed by atoms with van der Waals surface area (Å²) in [7, 11) is 1.75. The number of likely N-dealkylation sites (N-methyl/N-ethyl adjacent to an activating group) is 1. The van der Waals surface area contributed by atoms with Crippen LogP contribution in [-0.4, -0.2) is 36.9 Å². The van der Waals surface area contributed by atoms with E-state index in [4.69, 9.17) is 4.74 Å². The highest BCUT2D eigenvalue weighted by Gasteiger charge is 2.18. The highest BCUT2D eigenvalue weighted by Crippen LogP contribution is 2.09. The zero-order valence-electron chi connectivity index (χ0n) is 13.6. The van der Waals surface area contributed by atoms with Crippen LogP contribution in [0.2, 0.25) is 13.6 Å². The fourth-order valence-corrected chi connectivity index (χ4v) is 0.931. The van der Waals surface area contributed by atoms with Crippen molar-refractivity contribution in [1.29, 1.82) is 0 Å². The van der Waals surface area contributed by atoms with Gasteiger partial charge < -0.3 is 9.64 Å². The lowest BCUT2D eigenvalue weighted by atomic mass is 9.49. The van der Waals surface area contributed by atoms with E-state index in [0.29, 0.717) is 13.3 Å². The van der Waals surface area contributed by atoms with E-state index >= 15 is 0 Å². The Morgan fingerprint density at radius 3 is 2.06 bits per heavy atom. The molecule has 0 radical (unpaired) electrons. The molecule has 0 aromatic rings. The van der Waals surface area contributed by atoms with Crippen molar-refractivity contribution < 1.29 is 9.53 Å². The summed E-state index contributed by atoms with van der Waals surface area (Å²) in [6.45, 7) is 17.1. The van der Waals surface area contributed by atoms with Crippen LogP contribution in [0.5, 0.6) is 0 Å². The van der Waals surface area contributed by atoms with Crippen LogP contribution in [0.1, 0.15) is 41.5 Å². The first-order valence-corrected chi connectivity index (χ1v) is 6.74. The first-order chi connectivity index (χ1) is 8.13. The maximum atomic E-state index is 11.6. The van der Waals surface area contributed by atoms with Crippen molar-refractivity contribution in [2.45, 2.75) is 60.8 Å². The molecule has 0 aromatic heterocycles. The minimum absolute atomic E-state index is 0.277. The second-order valence-corrected chi connectivity index (χ2v) is 5.46. The normalized spacial score (nSPS) is 11.3. The number of nitrogens with zero attached hydrogens (tertiary/aromatic N) is 1. The Hall–Kier alpha value is -0.925. The van der Waals surface area contributed by atoms with E-state index in [0.717, 1.165) is 0 Å². The van der Waals surface area contributed by atoms with Crippen molar-refractivity contribution in [2.75, 3.05) is 13.6 Å². The van der Waals surface area contributed by atoms with Crippen molar-refractivity contribution in [3.05, 3.63) is 11.5 Å². The standard InChI is InChI=1S/C12H24BNO2.C2H6/c1-10(13(5)6)8-9-14(7)11(15)16-12(2,3)4;1-2/h8H,9H2,1-7H3;1-2H3/b10-8+;. The van der Waals surface area contributed by atoms with Gasteiger partial charge >= 0.3 is 6.09 Å². The van der Waals surface area contributed by atoms with Crippen molar-refractivity contribution in [3.63, 3.8) is 0 Å².